The zero-order valence-corrected chi connectivity index (χ0v) is 15.2. The van der Waals surface area contributed by atoms with Crippen molar-refractivity contribution in [3.8, 4) is 17.0 Å². The summed E-state index contributed by atoms with van der Waals surface area (Å²) >= 11 is 7.33. The van der Waals surface area contributed by atoms with Crippen molar-refractivity contribution in [3.05, 3.63) is 56.2 Å². The number of thiazole rings is 1. The van der Waals surface area contributed by atoms with Gasteiger partial charge in [-0.25, -0.2) is 9.55 Å². The van der Waals surface area contributed by atoms with Crippen LogP contribution in [0.5, 0.6) is 5.88 Å². The van der Waals surface area contributed by atoms with Crippen molar-refractivity contribution < 1.29 is 9.67 Å². The van der Waals surface area contributed by atoms with Crippen molar-refractivity contribution in [2.24, 2.45) is 7.05 Å². The number of rotatable bonds is 2. The number of hydrogen-bond acceptors (Lipinski definition) is 5. The van der Waals surface area contributed by atoms with Crippen molar-refractivity contribution in [3.63, 3.8) is 0 Å². The van der Waals surface area contributed by atoms with Gasteiger partial charge in [0, 0.05) is 12.1 Å². The van der Waals surface area contributed by atoms with Gasteiger partial charge in [0.15, 0.2) is 10.5 Å². The molecule has 0 spiro atoms. The van der Waals surface area contributed by atoms with Gasteiger partial charge >= 0.3 is 11.5 Å². The Hall–Kier alpha value is -2.38. The highest BCUT2D eigenvalue weighted by Crippen LogP contribution is 2.35. The second-order valence-corrected chi connectivity index (χ2v) is 7.64. The monoisotopic (exact) mass is 374 g/mol. The van der Waals surface area contributed by atoms with E-state index >= 15 is 0 Å². The van der Waals surface area contributed by atoms with Crippen molar-refractivity contribution in [2.45, 2.75) is 6.04 Å². The molecule has 1 aliphatic heterocycles. The van der Waals surface area contributed by atoms with Gasteiger partial charge in [-0.05, 0) is 5.56 Å². The lowest BCUT2D eigenvalue weighted by molar-refractivity contribution is -0.705. The highest BCUT2D eigenvalue weighted by atomic mass is 35.5. The average molecular weight is 375 g/mol. The van der Waals surface area contributed by atoms with E-state index in [9.17, 15) is 9.90 Å². The summed E-state index contributed by atoms with van der Waals surface area (Å²) in [5.41, 5.74) is 0.518. The van der Waals surface area contributed by atoms with Gasteiger partial charge in [-0.2, -0.15) is 4.57 Å². The van der Waals surface area contributed by atoms with Gasteiger partial charge in [-0.15, -0.1) is 11.3 Å². The molecule has 6 nitrogen and oxygen atoms in total. The fourth-order valence-corrected chi connectivity index (χ4v) is 4.39. The fourth-order valence-electron chi connectivity index (χ4n) is 3.35. The van der Waals surface area contributed by atoms with Gasteiger partial charge in [-0.3, -0.25) is 9.69 Å². The molecule has 1 atom stereocenters. The standard InChI is InChI=1S/C17H15ClN4O2S/c1-20-9-11(12-8-19-16(18)25-12)22-15(24)13(10-6-4-3-5-7-10)14(23)21(2)17(20)22/h3-8,11H,9H2,1-2H3. The third-order valence-electron chi connectivity index (χ3n) is 4.45. The van der Waals surface area contributed by atoms with Gasteiger partial charge in [0.05, 0.1) is 24.5 Å². The van der Waals surface area contributed by atoms with Crippen LogP contribution in [0, 0.1) is 0 Å². The molecule has 25 heavy (non-hydrogen) atoms. The quantitative estimate of drug-likeness (QED) is 0.638. The topological polar surface area (TPSA) is 65.1 Å². The molecule has 8 heteroatoms. The van der Waals surface area contributed by atoms with Crippen LogP contribution in [-0.4, -0.2) is 23.1 Å². The van der Waals surface area contributed by atoms with Crippen LogP contribution < -0.4 is 20.1 Å². The maximum Gasteiger partial charge on any atom is 0.362 e. The van der Waals surface area contributed by atoms with Gasteiger partial charge in [0.1, 0.15) is 6.54 Å². The molecule has 4 rings (SSSR count). The summed E-state index contributed by atoms with van der Waals surface area (Å²) in [6.45, 7) is 0.583. The lowest BCUT2D eigenvalue weighted by Crippen LogP contribution is -2.44. The molecule has 0 fully saturated rings. The van der Waals surface area contributed by atoms with E-state index in [1.165, 1.54) is 15.9 Å². The van der Waals surface area contributed by atoms with E-state index in [1.54, 1.807) is 29.9 Å². The van der Waals surface area contributed by atoms with E-state index in [1.807, 2.05) is 30.1 Å². The first kappa shape index (κ1) is 16.1. The normalized spacial score (nSPS) is 16.3. The lowest BCUT2D eigenvalue weighted by atomic mass is 10.1. The summed E-state index contributed by atoms with van der Waals surface area (Å²) < 4.78 is 3.65. The molecule has 3 heterocycles. The molecule has 0 amide bonds. The second kappa shape index (κ2) is 5.86. The van der Waals surface area contributed by atoms with Crippen LogP contribution in [0.2, 0.25) is 4.47 Å². The number of nitrogens with zero attached hydrogens (tertiary/aromatic N) is 4. The molecule has 1 aliphatic rings. The van der Waals surface area contributed by atoms with Crippen LogP contribution in [0.25, 0.3) is 11.1 Å². The minimum absolute atomic E-state index is 0.183. The molecule has 0 bridgehead atoms. The van der Waals surface area contributed by atoms with Crippen molar-refractivity contribution in [1.82, 2.24) is 9.55 Å². The summed E-state index contributed by atoms with van der Waals surface area (Å²) in [6, 6.07) is 8.84. The SMILES string of the molecule is CN1CC(c2cnc(Cl)s2)n2c1[n+](C)c([O-])c(-c1ccccc1)c2=O. The van der Waals surface area contributed by atoms with Crippen molar-refractivity contribution in [1.29, 1.82) is 0 Å². The highest BCUT2D eigenvalue weighted by molar-refractivity contribution is 7.15. The molecule has 0 saturated heterocycles. The Morgan fingerprint density at radius 3 is 2.72 bits per heavy atom. The highest BCUT2D eigenvalue weighted by Gasteiger charge is 2.40. The van der Waals surface area contributed by atoms with Crippen molar-refractivity contribution >= 4 is 28.9 Å². The zero-order valence-electron chi connectivity index (χ0n) is 13.6. The number of halogens is 1. The van der Waals surface area contributed by atoms with Crippen molar-refractivity contribution in [2.75, 3.05) is 18.5 Å². The Balaban J connectivity index is 2.01. The minimum Gasteiger partial charge on any atom is -0.848 e. The maximum absolute atomic E-state index is 13.2. The maximum atomic E-state index is 13.2. The molecule has 0 radical (unpaired) electrons. The Morgan fingerprint density at radius 2 is 2.08 bits per heavy atom. The van der Waals surface area contributed by atoms with Crippen LogP contribution in [0.1, 0.15) is 10.9 Å². The predicted octanol–water partition coefficient (Wildman–Crippen LogP) is 1.56. The van der Waals surface area contributed by atoms with E-state index in [-0.39, 0.29) is 23.0 Å². The van der Waals surface area contributed by atoms with Crippen LogP contribution in [0.3, 0.4) is 0 Å². The second-order valence-electron chi connectivity index (χ2n) is 5.99. The third kappa shape index (κ3) is 2.42. The molecule has 2 aromatic heterocycles. The summed E-state index contributed by atoms with van der Waals surface area (Å²) in [6.07, 6.45) is 1.69. The first-order valence-corrected chi connectivity index (χ1v) is 8.91. The summed E-state index contributed by atoms with van der Waals surface area (Å²) in [7, 11) is 3.56. The van der Waals surface area contributed by atoms with E-state index < -0.39 is 0 Å². The summed E-state index contributed by atoms with van der Waals surface area (Å²) in [5.74, 6) is 0.293. The Bertz CT molecular complexity index is 1020. The van der Waals surface area contributed by atoms with Crippen LogP contribution in [-0.2, 0) is 7.05 Å². The van der Waals surface area contributed by atoms with Gasteiger partial charge in [-0.1, -0.05) is 41.9 Å². The zero-order chi connectivity index (χ0) is 17.7. The van der Waals surface area contributed by atoms with Gasteiger partial charge in [0.25, 0.3) is 0 Å². The average Bonchev–Trinajstić information content (AvgIpc) is 3.17. The number of benzene rings is 1. The number of hydrogen-bond donors (Lipinski definition) is 0. The van der Waals surface area contributed by atoms with Gasteiger partial charge in [0.2, 0.25) is 0 Å². The number of aromatic nitrogens is 3. The number of fused-ring (bicyclic) bond motifs is 1. The third-order valence-corrected chi connectivity index (χ3v) is 5.67. The first-order chi connectivity index (χ1) is 12.0. The predicted molar refractivity (Wildman–Crippen MR) is 95.3 cm³/mol. The molecule has 0 saturated carbocycles. The molecule has 0 aliphatic carbocycles. The van der Waals surface area contributed by atoms with E-state index in [0.29, 0.717) is 22.5 Å². The first-order valence-electron chi connectivity index (χ1n) is 7.72. The Morgan fingerprint density at radius 1 is 1.36 bits per heavy atom. The fraction of sp³-hybridized carbons (Fsp3) is 0.235. The Labute approximate surface area is 153 Å². The number of likely N-dealkylation sites (N-methyl/N-ethyl adjacent to an activating group) is 1. The van der Waals surface area contributed by atoms with Crippen LogP contribution >= 0.6 is 22.9 Å². The molecular formula is C17H15ClN4O2S. The summed E-state index contributed by atoms with van der Waals surface area (Å²) in [4.78, 5) is 20.1. The smallest absolute Gasteiger partial charge is 0.362 e. The van der Waals surface area contributed by atoms with Crippen LogP contribution in [0.15, 0.2) is 41.3 Å². The minimum atomic E-state index is -0.294. The molecule has 1 unspecified atom stereocenters. The Kier molecular flexibility index (Phi) is 3.77. The molecule has 3 aromatic rings. The molecule has 0 N–H and O–H groups in total. The van der Waals surface area contributed by atoms with Gasteiger partial charge < -0.3 is 5.11 Å². The van der Waals surface area contributed by atoms with E-state index in [0.717, 1.165) is 4.88 Å². The molecule has 128 valence electrons. The molecular weight excluding hydrogens is 360 g/mol. The molecule has 1 aromatic carbocycles. The van der Waals surface area contributed by atoms with Crippen LogP contribution in [0.4, 0.5) is 5.95 Å². The largest absolute Gasteiger partial charge is 0.848 e. The number of anilines is 1. The lowest BCUT2D eigenvalue weighted by Gasteiger charge is -2.18. The van der Waals surface area contributed by atoms with E-state index in [4.69, 9.17) is 11.6 Å². The summed E-state index contributed by atoms with van der Waals surface area (Å²) in [5, 5.41) is 12.8. The van der Waals surface area contributed by atoms with E-state index in [2.05, 4.69) is 4.98 Å².